The summed E-state index contributed by atoms with van der Waals surface area (Å²) in [5.41, 5.74) is 1.92. The first-order valence-corrected chi connectivity index (χ1v) is 4.91. The van der Waals surface area contributed by atoms with Gasteiger partial charge in [0.05, 0.1) is 6.61 Å². The lowest BCUT2D eigenvalue weighted by molar-refractivity contribution is 0.0476. The van der Waals surface area contributed by atoms with Crippen molar-refractivity contribution in [3.63, 3.8) is 0 Å². The van der Waals surface area contributed by atoms with Crippen LogP contribution < -0.4 is 9.47 Å². The van der Waals surface area contributed by atoms with Crippen molar-refractivity contribution in [3.05, 3.63) is 17.3 Å². The van der Waals surface area contributed by atoms with E-state index in [0.29, 0.717) is 18.2 Å². The highest BCUT2D eigenvalue weighted by atomic mass is 16.7. The quantitative estimate of drug-likeness (QED) is 0.699. The molecule has 0 aliphatic rings. The predicted molar refractivity (Wildman–Crippen MR) is 57.4 cm³/mol. The van der Waals surface area contributed by atoms with Gasteiger partial charge in [0.15, 0.2) is 12.5 Å². The van der Waals surface area contributed by atoms with Crippen LogP contribution in [0.4, 0.5) is 0 Å². The summed E-state index contributed by atoms with van der Waals surface area (Å²) < 4.78 is 15.7. The minimum Gasteiger partial charge on any atom is -0.475 e. The van der Waals surface area contributed by atoms with E-state index in [1.807, 2.05) is 26.8 Å². The Morgan fingerprint density at radius 3 is 2.60 bits per heavy atom. The Morgan fingerprint density at radius 1 is 1.27 bits per heavy atom. The fourth-order valence-electron chi connectivity index (χ4n) is 1.32. The molecular weight excluding hydrogens is 194 g/mol. The maximum Gasteiger partial charge on any atom is 0.257 e. The molecule has 0 aromatic carbocycles. The van der Waals surface area contributed by atoms with Gasteiger partial charge < -0.3 is 14.2 Å². The van der Waals surface area contributed by atoms with E-state index in [1.165, 1.54) is 0 Å². The molecule has 4 heteroatoms. The zero-order chi connectivity index (χ0) is 11.3. The lowest BCUT2D eigenvalue weighted by atomic mass is 10.2. The number of rotatable bonds is 5. The summed E-state index contributed by atoms with van der Waals surface area (Å²) in [5.74, 6) is 1.19. The van der Waals surface area contributed by atoms with E-state index >= 15 is 0 Å². The molecule has 0 N–H and O–H groups in total. The fourth-order valence-corrected chi connectivity index (χ4v) is 1.32. The molecule has 0 aliphatic heterocycles. The molecule has 1 aromatic rings. The van der Waals surface area contributed by atoms with Crippen molar-refractivity contribution in [2.75, 3.05) is 20.5 Å². The van der Waals surface area contributed by atoms with Crippen LogP contribution in [0.2, 0.25) is 0 Å². The molecule has 1 heterocycles. The van der Waals surface area contributed by atoms with Gasteiger partial charge in [-0.25, -0.2) is 4.98 Å². The Labute approximate surface area is 90.2 Å². The predicted octanol–water partition coefficient (Wildman–Crippen LogP) is 2.08. The number of aromatic nitrogens is 1. The number of aryl methyl sites for hydroxylation is 2. The van der Waals surface area contributed by atoms with Gasteiger partial charge in [0, 0.05) is 12.8 Å². The molecule has 0 fully saturated rings. The molecule has 1 aromatic heterocycles. The van der Waals surface area contributed by atoms with Gasteiger partial charge in [0.1, 0.15) is 0 Å². The van der Waals surface area contributed by atoms with E-state index in [2.05, 4.69) is 4.98 Å². The molecule has 1 rings (SSSR count). The third kappa shape index (κ3) is 3.09. The second-order valence-corrected chi connectivity index (χ2v) is 3.20. The monoisotopic (exact) mass is 211 g/mol. The smallest absolute Gasteiger partial charge is 0.257 e. The summed E-state index contributed by atoms with van der Waals surface area (Å²) in [6.45, 7) is 6.57. The molecule has 0 aliphatic carbocycles. The second kappa shape index (κ2) is 5.56. The first-order chi connectivity index (χ1) is 7.19. The second-order valence-electron chi connectivity index (χ2n) is 3.20. The molecule has 84 valence electrons. The molecule has 0 atom stereocenters. The van der Waals surface area contributed by atoms with Crippen LogP contribution in [0.25, 0.3) is 0 Å². The molecule has 15 heavy (non-hydrogen) atoms. The number of nitrogens with zero attached hydrogens (tertiary/aromatic N) is 1. The largest absolute Gasteiger partial charge is 0.475 e. The fraction of sp³-hybridized carbons (Fsp3) is 0.545. The number of pyridine rings is 1. The topological polar surface area (TPSA) is 40.6 Å². The number of ether oxygens (including phenoxy) is 3. The van der Waals surface area contributed by atoms with Crippen LogP contribution in [0.15, 0.2) is 6.07 Å². The molecule has 0 radical (unpaired) electrons. The van der Waals surface area contributed by atoms with Crippen molar-refractivity contribution < 1.29 is 14.2 Å². The van der Waals surface area contributed by atoms with Crippen molar-refractivity contribution >= 4 is 0 Å². The van der Waals surface area contributed by atoms with Crippen molar-refractivity contribution in [2.45, 2.75) is 20.8 Å². The summed E-state index contributed by atoms with van der Waals surface area (Å²) >= 11 is 0. The lowest BCUT2D eigenvalue weighted by Gasteiger charge is -2.13. The Hall–Kier alpha value is -1.29. The summed E-state index contributed by atoms with van der Waals surface area (Å²) in [7, 11) is 1.58. The highest BCUT2D eigenvalue weighted by Crippen LogP contribution is 2.29. The van der Waals surface area contributed by atoms with Crippen LogP contribution in [0, 0.1) is 13.8 Å². The number of methoxy groups -OCH3 is 1. The van der Waals surface area contributed by atoms with Gasteiger partial charge in [-0.2, -0.15) is 0 Å². The molecule has 0 saturated heterocycles. The highest BCUT2D eigenvalue weighted by Gasteiger charge is 2.11. The molecule has 0 amide bonds. The van der Waals surface area contributed by atoms with Crippen molar-refractivity contribution in [1.29, 1.82) is 0 Å². The van der Waals surface area contributed by atoms with E-state index in [1.54, 1.807) is 7.11 Å². The Balaban J connectivity index is 2.97. The highest BCUT2D eigenvalue weighted by molar-refractivity contribution is 5.42. The summed E-state index contributed by atoms with van der Waals surface area (Å²) in [4.78, 5) is 4.27. The SMILES string of the molecule is CCOc1nc(C)cc(C)c1OCOC. The Kier molecular flexibility index (Phi) is 4.37. The average molecular weight is 211 g/mol. The minimum atomic E-state index is 0.200. The maximum atomic E-state index is 5.41. The van der Waals surface area contributed by atoms with Gasteiger partial charge in [0.25, 0.3) is 5.88 Å². The Morgan fingerprint density at radius 2 is 2.00 bits per heavy atom. The molecule has 0 spiro atoms. The molecule has 0 saturated carbocycles. The minimum absolute atomic E-state index is 0.200. The van der Waals surface area contributed by atoms with Crippen LogP contribution in [0.3, 0.4) is 0 Å². The number of hydrogen-bond acceptors (Lipinski definition) is 4. The van der Waals surface area contributed by atoms with Gasteiger partial charge in [-0.3, -0.25) is 0 Å². The summed E-state index contributed by atoms with van der Waals surface area (Å²) in [6, 6.07) is 1.95. The van der Waals surface area contributed by atoms with Crippen LogP contribution in [0.5, 0.6) is 11.6 Å². The van der Waals surface area contributed by atoms with Gasteiger partial charge in [-0.1, -0.05) is 0 Å². The van der Waals surface area contributed by atoms with Gasteiger partial charge in [-0.05, 0) is 32.4 Å². The van der Waals surface area contributed by atoms with E-state index in [9.17, 15) is 0 Å². The normalized spacial score (nSPS) is 10.1. The lowest BCUT2D eigenvalue weighted by Crippen LogP contribution is -2.05. The molecule has 0 unspecified atom stereocenters. The van der Waals surface area contributed by atoms with Gasteiger partial charge in [-0.15, -0.1) is 0 Å². The molecule has 4 nitrogen and oxygen atoms in total. The first-order valence-electron chi connectivity index (χ1n) is 4.91. The molecular formula is C11H17NO3. The average Bonchev–Trinajstić information content (AvgIpc) is 2.17. The third-order valence-corrected chi connectivity index (χ3v) is 1.86. The van der Waals surface area contributed by atoms with Gasteiger partial charge in [0.2, 0.25) is 0 Å². The number of hydrogen-bond donors (Lipinski definition) is 0. The van der Waals surface area contributed by atoms with Crippen LogP contribution >= 0.6 is 0 Å². The van der Waals surface area contributed by atoms with E-state index in [4.69, 9.17) is 14.2 Å². The van der Waals surface area contributed by atoms with E-state index in [0.717, 1.165) is 11.3 Å². The maximum absolute atomic E-state index is 5.41. The van der Waals surface area contributed by atoms with Crippen molar-refractivity contribution in [2.24, 2.45) is 0 Å². The first kappa shape index (κ1) is 11.8. The van der Waals surface area contributed by atoms with E-state index < -0.39 is 0 Å². The standard InChI is InChI=1S/C11H17NO3/c1-5-14-11-10(15-7-13-4)8(2)6-9(3)12-11/h6H,5,7H2,1-4H3. The third-order valence-electron chi connectivity index (χ3n) is 1.86. The van der Waals surface area contributed by atoms with E-state index in [-0.39, 0.29) is 6.79 Å². The summed E-state index contributed by atoms with van der Waals surface area (Å²) in [5, 5.41) is 0. The zero-order valence-electron chi connectivity index (χ0n) is 9.66. The van der Waals surface area contributed by atoms with Crippen molar-refractivity contribution in [3.8, 4) is 11.6 Å². The van der Waals surface area contributed by atoms with Crippen LogP contribution in [-0.4, -0.2) is 25.5 Å². The van der Waals surface area contributed by atoms with Crippen molar-refractivity contribution in [1.82, 2.24) is 4.98 Å². The van der Waals surface area contributed by atoms with Crippen LogP contribution in [0.1, 0.15) is 18.2 Å². The Bertz CT molecular complexity index is 326. The van der Waals surface area contributed by atoms with Gasteiger partial charge >= 0.3 is 0 Å². The molecule has 0 bridgehead atoms. The summed E-state index contributed by atoms with van der Waals surface area (Å²) in [6.07, 6.45) is 0. The van der Waals surface area contributed by atoms with Crippen LogP contribution in [-0.2, 0) is 4.74 Å². The zero-order valence-corrected chi connectivity index (χ0v) is 9.66.